The lowest BCUT2D eigenvalue weighted by atomic mass is 9.62. The van der Waals surface area contributed by atoms with E-state index in [1.165, 1.54) is 54.9 Å². The Morgan fingerprint density at radius 2 is 0.730 bits per heavy atom. The molecule has 0 unspecified atom stereocenters. The molecule has 0 atom stereocenters. The Bertz CT molecular complexity index is 5930. The molecule has 9 N–H and O–H groups in total. The van der Waals surface area contributed by atoms with Gasteiger partial charge in [-0.25, -0.2) is 90.4 Å². The zero-order valence-electron chi connectivity index (χ0n) is 82.3. The lowest BCUT2D eigenvalue weighted by Gasteiger charge is -2.41. The fraction of sp³-hybridized carbons (Fsp3) is 0.473. The van der Waals surface area contributed by atoms with Gasteiger partial charge in [0.15, 0.2) is 0 Å². The lowest BCUT2D eigenvalue weighted by Crippen LogP contribution is -2.45. The predicted octanol–water partition coefficient (Wildman–Crippen LogP) is 19.0. The van der Waals surface area contributed by atoms with Gasteiger partial charge in [-0.15, -0.1) is 9.80 Å². The number of alkyl halides is 6. The van der Waals surface area contributed by atoms with Gasteiger partial charge in [0.25, 0.3) is 37.0 Å². The van der Waals surface area contributed by atoms with Crippen LogP contribution in [-0.2, 0) is 29.1 Å². The van der Waals surface area contributed by atoms with Crippen molar-refractivity contribution >= 4 is 127 Å². The van der Waals surface area contributed by atoms with Crippen molar-refractivity contribution in [1.29, 1.82) is 0 Å². The molecule has 764 valence electrons. The van der Waals surface area contributed by atoms with Gasteiger partial charge in [-0.1, -0.05) is 18.2 Å². The summed E-state index contributed by atoms with van der Waals surface area (Å²) in [6.45, 7) is 44.5. The minimum Gasteiger partial charge on any atom is -0.475 e. The van der Waals surface area contributed by atoms with E-state index in [1.807, 2.05) is 61.6 Å². The van der Waals surface area contributed by atoms with Crippen molar-refractivity contribution in [3.05, 3.63) is 153 Å². The molecule has 13 rings (SSSR count). The number of carbonyl (C=O) groups excluding carboxylic acids is 7. The maximum Gasteiger partial charge on any atom is 0.427 e. The van der Waals surface area contributed by atoms with Crippen LogP contribution in [0.5, 0.6) is 35.3 Å². The smallest absolute Gasteiger partial charge is 0.427 e. The van der Waals surface area contributed by atoms with Gasteiger partial charge in [0, 0.05) is 30.1 Å². The van der Waals surface area contributed by atoms with E-state index in [9.17, 15) is 59.9 Å². The normalized spacial score (nSPS) is 14.2. The van der Waals surface area contributed by atoms with Crippen LogP contribution in [0.3, 0.4) is 0 Å². The average Bonchev–Trinajstić information content (AvgIpc) is 1.55. The number of nitrogens with zero attached hydrogens (tertiary/aromatic N) is 18. The Kier molecular flexibility index (Phi) is 39.8. The third kappa shape index (κ3) is 36.3. The highest BCUT2D eigenvalue weighted by Gasteiger charge is 2.62. The molecule has 2 bridgehead atoms. The summed E-state index contributed by atoms with van der Waals surface area (Å²) >= 11 is 6.53. The van der Waals surface area contributed by atoms with Crippen molar-refractivity contribution in [2.24, 2.45) is 0 Å². The predicted molar refractivity (Wildman–Crippen MR) is 513 cm³/mol. The summed E-state index contributed by atoms with van der Waals surface area (Å²) in [5.74, 6) is -0.620. The van der Waals surface area contributed by atoms with Crippen LogP contribution < -0.4 is 71.4 Å². The first-order valence-corrected chi connectivity index (χ1v) is 45.2. The van der Waals surface area contributed by atoms with E-state index >= 15 is 0 Å². The largest absolute Gasteiger partial charge is 0.475 e. The maximum absolute atomic E-state index is 13.0. The highest BCUT2D eigenvalue weighted by atomic mass is 79.9. The highest BCUT2D eigenvalue weighted by Crippen LogP contribution is 2.58. The zero-order chi connectivity index (χ0) is 105. The number of nitrogens with one attached hydrogen (secondary N) is 3. The zero-order valence-corrected chi connectivity index (χ0v) is 85.5. The topological polar surface area (TPSA) is 539 Å². The molecule has 7 amide bonds. The number of fused-ring (bicyclic) bond motifs is 2. The number of nitrogens with two attached hydrogens (primary N) is 3. The minimum atomic E-state index is -2.86. The number of nitrogen functional groups attached to an aromatic ring is 3. The van der Waals surface area contributed by atoms with Crippen LogP contribution in [0, 0.1) is 0 Å². The molecule has 141 heavy (non-hydrogen) atoms. The number of imidazole rings is 1. The molecule has 1 aliphatic carbocycles. The van der Waals surface area contributed by atoms with Crippen molar-refractivity contribution in [3.8, 4) is 35.3 Å². The van der Waals surface area contributed by atoms with Crippen molar-refractivity contribution < 1.29 is 112 Å². The Morgan fingerprint density at radius 3 is 1.10 bits per heavy atom. The van der Waals surface area contributed by atoms with Crippen LogP contribution in [0.15, 0.2) is 113 Å². The summed E-state index contributed by atoms with van der Waals surface area (Å²) in [4.78, 5) is 149. The number of ether oxygens (including phenoxy) is 11. The summed E-state index contributed by atoms with van der Waals surface area (Å²) < 4.78 is 140. The van der Waals surface area contributed by atoms with Crippen LogP contribution in [-0.4, -0.2) is 192 Å². The van der Waals surface area contributed by atoms with Crippen LogP contribution in [0.1, 0.15) is 259 Å². The molecule has 2 saturated heterocycles. The Morgan fingerprint density at radius 1 is 0.404 bits per heavy atom. The third-order valence-electron chi connectivity index (χ3n) is 16.9. The van der Waals surface area contributed by atoms with Gasteiger partial charge >= 0.3 is 24.4 Å². The molecule has 3 aliphatic rings. The van der Waals surface area contributed by atoms with E-state index in [0.29, 0.717) is 48.6 Å². The molecule has 3 fully saturated rings. The van der Waals surface area contributed by atoms with Crippen LogP contribution >= 0.6 is 31.9 Å². The Labute approximate surface area is 826 Å². The van der Waals surface area contributed by atoms with Gasteiger partial charge in [-0.2, -0.15) is 29.9 Å². The molecule has 0 radical (unpaired) electrons. The second-order valence-electron chi connectivity index (χ2n) is 36.7. The SMILES string of the molecule is CC(C)Oc1ccnc(N)n1.CC(C)Oc1nc(N(C(=O)OC(C)(C)C)C(=O)OC(C)(C)C)ncc1Br.CC(C)Oc1nc(N(C(=O)OC(C)(C)C)C(=O)OC(C)(C)C)ncc1NC(=O)c1cccc(C(F)F)n1.CC(C)Oc1nc(N)ncc1Br.CC(C)Oc1nc(N)ncc1NC(=O)c1cccc(C(F)F)n1.CC(C)Oc1nc2nc(C34COC(C)(C3)C4)cn2cc1NC(=O)c1cccc(C(F)F)n1. The number of aromatic nitrogens is 16. The second-order valence-corrected chi connectivity index (χ2v) is 38.4. The number of imide groups is 2. The van der Waals surface area contributed by atoms with Crippen molar-refractivity contribution in [3.63, 3.8) is 0 Å². The van der Waals surface area contributed by atoms with Gasteiger partial charge < -0.3 is 85.3 Å². The number of amides is 7. The number of carbonyl (C=O) groups is 7. The van der Waals surface area contributed by atoms with Crippen molar-refractivity contribution in [2.45, 2.75) is 275 Å². The van der Waals surface area contributed by atoms with E-state index in [-0.39, 0.29) is 117 Å². The van der Waals surface area contributed by atoms with Gasteiger partial charge in [0.05, 0.1) is 88.3 Å². The molecule has 10 aromatic heterocycles. The van der Waals surface area contributed by atoms with Crippen molar-refractivity contribution in [2.75, 3.05) is 49.6 Å². The minimum absolute atomic E-state index is 0.0172. The highest BCUT2D eigenvalue weighted by molar-refractivity contribution is 9.11. The number of anilines is 8. The molecule has 10 aromatic rings. The quantitative estimate of drug-likeness (QED) is 0.0242. The summed E-state index contributed by atoms with van der Waals surface area (Å²) in [7, 11) is 0. The van der Waals surface area contributed by atoms with Gasteiger partial charge in [0.1, 0.15) is 73.6 Å². The molecular weight excluding hydrogens is 1990 g/mol. The Hall–Kier alpha value is -13.9. The second kappa shape index (κ2) is 49.3. The molecule has 42 nitrogen and oxygen atoms in total. The summed E-state index contributed by atoms with van der Waals surface area (Å²) in [5, 5.41) is 7.61. The lowest BCUT2D eigenvalue weighted by molar-refractivity contribution is 0.0153. The van der Waals surface area contributed by atoms with E-state index in [0.717, 1.165) is 36.9 Å². The molecular formula is C91H116Br2F6N24O18. The van der Waals surface area contributed by atoms with Crippen LogP contribution in [0.4, 0.5) is 92.3 Å². The maximum atomic E-state index is 13.0. The summed E-state index contributed by atoms with van der Waals surface area (Å²) in [6, 6.07) is 13.0. The fourth-order valence-corrected chi connectivity index (χ4v) is 12.4. The first-order valence-electron chi connectivity index (χ1n) is 43.6. The number of rotatable bonds is 24. The van der Waals surface area contributed by atoms with E-state index < -0.39 is 113 Å². The number of hydrogen-bond donors (Lipinski definition) is 6. The molecule has 50 heteroatoms. The first kappa shape index (κ1) is 114. The van der Waals surface area contributed by atoms with Crippen LogP contribution in [0.2, 0.25) is 0 Å². The monoisotopic (exact) mass is 2100 g/mol. The molecule has 0 aromatic carbocycles. The Balaban J connectivity index is 0.000000239. The number of halogens is 8. The standard InChI is InChI=1S/C24H31F2N5O6.C22H23F2N5O3.C17H26BrN3O5.C14H15F2N5O2.C7H10BrN3O.C7H11N3O/c1-13(2)35-19-16(29-18(32)15-11-9-10-14(28-15)17(25)26)12-27-20(30-19)31(21(33)36-23(3,4)5)22(34)37-24(6,7)8;1-12(2)32-19-15(26-18(30)14-6-4-5-13(25-14)17(23)24)7-29-8-16(27-20(29)28-19)22-9-21(3,10-22)31-11-22;1-10(2)24-12-11(18)9-19-13(20-12)21(14(22)25-16(3,4)5)15(23)26-17(6,7)8;1-7(2)23-13-10(6-18-14(17)21-13)20-12(22)9-5-3-4-8(19-9)11(15)16;1-4(2)12-6-5(8)3-10-7(9)11-6;1-5(2)11-6-3-4-9-7(8)10-6/h9-13,17H,1-8H3,(H,29,32);4-8,12,17H,9-11H2,1-3H3,(H,26,30);9-10H,1-8H3;3-7,11H,1-2H3,(H,20,22)(H2,17,18,21);3-4H,1-2H3,(H2,9,10,11);3-5H,1-2H3,(H2,8,9,10). The molecule has 0 spiro atoms. The van der Waals surface area contributed by atoms with E-state index in [1.54, 1.807) is 140 Å². The average molecular weight is 2110 g/mol. The molecule has 1 saturated carbocycles. The summed E-state index contributed by atoms with van der Waals surface area (Å²) in [6.07, 6.45) is -1.01. The fourth-order valence-electron chi connectivity index (χ4n) is 11.8. The van der Waals surface area contributed by atoms with Gasteiger partial charge in [-0.05, 0) is 254 Å². The van der Waals surface area contributed by atoms with E-state index in [4.69, 9.17) is 74.3 Å². The van der Waals surface area contributed by atoms with E-state index in [2.05, 4.69) is 125 Å². The van der Waals surface area contributed by atoms with Crippen molar-refractivity contribution in [1.82, 2.24) is 79.2 Å². The summed E-state index contributed by atoms with van der Waals surface area (Å²) in [5.41, 5.74) is 11.7. The van der Waals surface area contributed by atoms with Gasteiger partial charge in [0.2, 0.25) is 70.8 Å². The first-order chi connectivity index (χ1) is 65.5. The molecule has 2 aliphatic heterocycles. The van der Waals surface area contributed by atoms with Crippen LogP contribution in [0.25, 0.3) is 5.78 Å². The van der Waals surface area contributed by atoms with Gasteiger partial charge in [-0.3, -0.25) is 18.8 Å². The third-order valence-corrected chi connectivity index (χ3v) is 18.0. The molecule has 12 heterocycles. The number of hydrogen-bond acceptors (Lipinski definition) is 36. The number of pyridine rings is 3.